The molecule has 0 spiro atoms. The lowest BCUT2D eigenvalue weighted by Gasteiger charge is -2.16. The Labute approximate surface area is 101 Å². The van der Waals surface area contributed by atoms with Gasteiger partial charge in [-0.15, -0.1) is 11.3 Å². The fourth-order valence-electron chi connectivity index (χ4n) is 1.47. The van der Waals surface area contributed by atoms with Gasteiger partial charge in [-0.2, -0.15) is 0 Å². The van der Waals surface area contributed by atoms with Crippen LogP contribution in [-0.4, -0.2) is 20.7 Å². The lowest BCUT2D eigenvalue weighted by Crippen LogP contribution is -2.32. The van der Waals surface area contributed by atoms with Crippen LogP contribution in [0.5, 0.6) is 0 Å². The van der Waals surface area contributed by atoms with Crippen LogP contribution in [-0.2, 0) is 10.0 Å². The molecule has 1 aromatic rings. The number of hydrogen-bond donors (Lipinski definition) is 2. The van der Waals surface area contributed by atoms with Gasteiger partial charge in [0, 0.05) is 11.4 Å². The molecule has 0 aliphatic rings. The molecule has 1 unspecified atom stereocenters. The maximum atomic E-state index is 11.6. The molecule has 16 heavy (non-hydrogen) atoms. The summed E-state index contributed by atoms with van der Waals surface area (Å²) in [6.07, 6.45) is 1.75. The quantitative estimate of drug-likeness (QED) is 0.781. The molecule has 1 atom stereocenters. The van der Waals surface area contributed by atoms with Crippen LogP contribution in [0, 0.1) is 0 Å². The normalized spacial score (nSPS) is 13.9. The van der Waals surface area contributed by atoms with Crippen LogP contribution < -0.4 is 10.5 Å². The van der Waals surface area contributed by atoms with E-state index >= 15 is 0 Å². The SMILES string of the molecule is CCCC(NS(=O)(=O)CCN)c1cccs1. The summed E-state index contributed by atoms with van der Waals surface area (Å²) >= 11 is 1.57. The smallest absolute Gasteiger partial charge is 0.213 e. The van der Waals surface area contributed by atoms with E-state index in [1.807, 2.05) is 24.4 Å². The predicted octanol–water partition coefficient (Wildman–Crippen LogP) is 1.47. The van der Waals surface area contributed by atoms with Crippen LogP contribution in [0.2, 0.25) is 0 Å². The van der Waals surface area contributed by atoms with Crippen LogP contribution in [0.4, 0.5) is 0 Å². The van der Waals surface area contributed by atoms with Crippen molar-refractivity contribution in [2.45, 2.75) is 25.8 Å². The Morgan fingerprint density at radius 2 is 2.31 bits per heavy atom. The van der Waals surface area contributed by atoms with Crippen molar-refractivity contribution in [2.75, 3.05) is 12.3 Å². The molecule has 3 N–H and O–H groups in total. The molecule has 1 rings (SSSR count). The molecule has 1 aromatic heterocycles. The summed E-state index contributed by atoms with van der Waals surface area (Å²) in [5, 5.41) is 1.95. The van der Waals surface area contributed by atoms with E-state index in [0.29, 0.717) is 0 Å². The summed E-state index contributed by atoms with van der Waals surface area (Å²) in [7, 11) is -3.25. The second kappa shape index (κ2) is 6.34. The van der Waals surface area contributed by atoms with Gasteiger partial charge in [-0.3, -0.25) is 0 Å². The largest absolute Gasteiger partial charge is 0.329 e. The number of nitrogens with one attached hydrogen (secondary N) is 1. The van der Waals surface area contributed by atoms with Gasteiger partial charge >= 0.3 is 0 Å². The molecular weight excluding hydrogens is 244 g/mol. The third-order valence-electron chi connectivity index (χ3n) is 2.17. The molecule has 4 nitrogen and oxygen atoms in total. The first-order valence-corrected chi connectivity index (χ1v) is 7.85. The summed E-state index contributed by atoms with van der Waals surface area (Å²) in [5.41, 5.74) is 5.27. The maximum absolute atomic E-state index is 11.6. The molecule has 92 valence electrons. The van der Waals surface area contributed by atoms with Crippen LogP contribution in [0.1, 0.15) is 30.7 Å². The molecule has 0 aliphatic carbocycles. The van der Waals surface area contributed by atoms with Gasteiger partial charge in [0.25, 0.3) is 0 Å². The van der Waals surface area contributed by atoms with Crippen molar-refractivity contribution in [3.8, 4) is 0 Å². The summed E-state index contributed by atoms with van der Waals surface area (Å²) < 4.78 is 25.9. The number of sulfonamides is 1. The van der Waals surface area contributed by atoms with E-state index < -0.39 is 10.0 Å². The minimum absolute atomic E-state index is 0.0153. The van der Waals surface area contributed by atoms with E-state index in [9.17, 15) is 8.42 Å². The molecule has 0 fully saturated rings. The number of nitrogens with two attached hydrogens (primary N) is 1. The first kappa shape index (κ1) is 13.6. The first-order chi connectivity index (χ1) is 7.59. The highest BCUT2D eigenvalue weighted by atomic mass is 32.2. The number of hydrogen-bond acceptors (Lipinski definition) is 4. The zero-order valence-corrected chi connectivity index (χ0v) is 11.0. The zero-order chi connectivity index (χ0) is 12.0. The van der Waals surface area contributed by atoms with Gasteiger partial charge in [-0.1, -0.05) is 19.4 Å². The average molecular weight is 262 g/mol. The molecule has 0 aliphatic heterocycles. The van der Waals surface area contributed by atoms with Crippen molar-refractivity contribution in [1.82, 2.24) is 4.72 Å². The van der Waals surface area contributed by atoms with Gasteiger partial charge < -0.3 is 5.73 Å². The Bertz CT molecular complexity index is 387. The molecule has 1 heterocycles. The van der Waals surface area contributed by atoms with Crippen molar-refractivity contribution in [3.63, 3.8) is 0 Å². The van der Waals surface area contributed by atoms with Gasteiger partial charge in [0.05, 0.1) is 11.8 Å². The third-order valence-corrected chi connectivity index (χ3v) is 4.58. The topological polar surface area (TPSA) is 72.2 Å². The highest BCUT2D eigenvalue weighted by molar-refractivity contribution is 7.89. The molecule has 6 heteroatoms. The molecule has 0 radical (unpaired) electrons. The standard InChI is InChI=1S/C10H18N2O2S2/c1-2-4-9(10-5-3-7-15-10)12-16(13,14)8-6-11/h3,5,7,9,12H,2,4,6,8,11H2,1H3. The number of rotatable bonds is 7. The lowest BCUT2D eigenvalue weighted by atomic mass is 10.1. The maximum Gasteiger partial charge on any atom is 0.213 e. The van der Waals surface area contributed by atoms with Crippen LogP contribution in [0.15, 0.2) is 17.5 Å². The summed E-state index contributed by atoms with van der Waals surface area (Å²) in [5.74, 6) is -0.0153. The summed E-state index contributed by atoms with van der Waals surface area (Å²) in [4.78, 5) is 1.06. The van der Waals surface area contributed by atoms with Crippen molar-refractivity contribution < 1.29 is 8.42 Å². The van der Waals surface area contributed by atoms with E-state index in [1.165, 1.54) is 0 Å². The van der Waals surface area contributed by atoms with Gasteiger partial charge in [0.1, 0.15) is 0 Å². The second-order valence-electron chi connectivity index (χ2n) is 3.58. The van der Waals surface area contributed by atoms with Crippen molar-refractivity contribution in [1.29, 1.82) is 0 Å². The fraction of sp³-hybridized carbons (Fsp3) is 0.600. The van der Waals surface area contributed by atoms with Gasteiger partial charge in [-0.25, -0.2) is 13.1 Å². The Kier molecular flexibility index (Phi) is 5.40. The molecule has 0 aromatic carbocycles. The Balaban J connectivity index is 2.73. The monoisotopic (exact) mass is 262 g/mol. The first-order valence-electron chi connectivity index (χ1n) is 5.32. The fourth-order valence-corrected chi connectivity index (χ4v) is 3.46. The highest BCUT2D eigenvalue weighted by Crippen LogP contribution is 2.23. The van der Waals surface area contributed by atoms with Gasteiger partial charge in [0.2, 0.25) is 10.0 Å². The van der Waals surface area contributed by atoms with E-state index in [4.69, 9.17) is 5.73 Å². The Morgan fingerprint density at radius 1 is 1.56 bits per heavy atom. The van der Waals surface area contributed by atoms with Crippen molar-refractivity contribution in [2.24, 2.45) is 5.73 Å². The Morgan fingerprint density at radius 3 is 2.81 bits per heavy atom. The van der Waals surface area contributed by atoms with E-state index in [1.54, 1.807) is 11.3 Å². The molecule has 0 amide bonds. The molecule has 0 saturated carbocycles. The summed E-state index contributed by atoms with van der Waals surface area (Å²) in [6.45, 7) is 2.19. The van der Waals surface area contributed by atoms with E-state index in [2.05, 4.69) is 4.72 Å². The molecule has 0 saturated heterocycles. The number of thiophene rings is 1. The van der Waals surface area contributed by atoms with Gasteiger partial charge in [0.15, 0.2) is 0 Å². The van der Waals surface area contributed by atoms with Crippen LogP contribution in [0.3, 0.4) is 0 Å². The predicted molar refractivity (Wildman–Crippen MR) is 67.9 cm³/mol. The summed E-state index contributed by atoms with van der Waals surface area (Å²) in [6, 6.07) is 3.78. The van der Waals surface area contributed by atoms with Gasteiger partial charge in [-0.05, 0) is 17.9 Å². The minimum atomic E-state index is -3.25. The molecule has 0 bridgehead atoms. The molecular formula is C10H18N2O2S2. The van der Waals surface area contributed by atoms with Crippen molar-refractivity contribution >= 4 is 21.4 Å². The van der Waals surface area contributed by atoms with Crippen LogP contribution in [0.25, 0.3) is 0 Å². The second-order valence-corrected chi connectivity index (χ2v) is 6.43. The van der Waals surface area contributed by atoms with E-state index in [0.717, 1.165) is 17.7 Å². The average Bonchev–Trinajstić information content (AvgIpc) is 2.69. The van der Waals surface area contributed by atoms with Crippen LogP contribution >= 0.6 is 11.3 Å². The lowest BCUT2D eigenvalue weighted by molar-refractivity contribution is 0.540. The van der Waals surface area contributed by atoms with E-state index in [-0.39, 0.29) is 18.3 Å². The minimum Gasteiger partial charge on any atom is -0.329 e. The Hall–Kier alpha value is -0.430. The zero-order valence-electron chi connectivity index (χ0n) is 9.35. The third kappa shape index (κ3) is 4.21. The van der Waals surface area contributed by atoms with Crippen molar-refractivity contribution in [3.05, 3.63) is 22.4 Å². The highest BCUT2D eigenvalue weighted by Gasteiger charge is 2.18.